The van der Waals surface area contributed by atoms with Crippen LogP contribution in [0.15, 0.2) is 29.5 Å². The SMILES string of the molecule is C[N+]1(Cc2cc(Cl)nc(Cl)c2)C=CN=C1.[Br-]. The van der Waals surface area contributed by atoms with Crippen molar-refractivity contribution in [3.63, 3.8) is 0 Å². The Morgan fingerprint density at radius 3 is 2.38 bits per heavy atom. The summed E-state index contributed by atoms with van der Waals surface area (Å²) < 4.78 is 0.622. The van der Waals surface area contributed by atoms with Gasteiger partial charge < -0.3 is 17.0 Å². The summed E-state index contributed by atoms with van der Waals surface area (Å²) >= 11 is 11.7. The fourth-order valence-corrected chi connectivity index (χ4v) is 2.02. The van der Waals surface area contributed by atoms with E-state index in [4.69, 9.17) is 23.2 Å². The van der Waals surface area contributed by atoms with E-state index in [0.29, 0.717) is 14.8 Å². The molecule has 3 nitrogen and oxygen atoms in total. The molecule has 0 amide bonds. The number of hydrogen-bond acceptors (Lipinski definition) is 2. The monoisotopic (exact) mass is 321 g/mol. The minimum atomic E-state index is 0. The number of pyridine rings is 1. The summed E-state index contributed by atoms with van der Waals surface area (Å²) in [7, 11) is 2.05. The van der Waals surface area contributed by atoms with Gasteiger partial charge in [0, 0.05) is 5.56 Å². The molecule has 0 fully saturated rings. The molecule has 0 aromatic carbocycles. The van der Waals surface area contributed by atoms with E-state index in [1.54, 1.807) is 6.20 Å². The van der Waals surface area contributed by atoms with Crippen molar-refractivity contribution in [2.45, 2.75) is 6.54 Å². The van der Waals surface area contributed by atoms with E-state index in [1.165, 1.54) is 0 Å². The molecular weight excluding hydrogens is 313 g/mol. The first-order valence-corrected chi connectivity index (χ1v) is 5.22. The van der Waals surface area contributed by atoms with Crippen LogP contribution in [0.5, 0.6) is 0 Å². The maximum absolute atomic E-state index is 5.83. The summed E-state index contributed by atoms with van der Waals surface area (Å²) in [5.74, 6) is 0. The second-order valence-electron chi connectivity index (χ2n) is 3.69. The second-order valence-corrected chi connectivity index (χ2v) is 4.46. The third-order valence-electron chi connectivity index (χ3n) is 2.17. The number of aliphatic imine (C=N–C) groups is 1. The predicted octanol–water partition coefficient (Wildman–Crippen LogP) is -0.148. The highest BCUT2D eigenvalue weighted by Crippen LogP contribution is 2.19. The molecule has 0 aliphatic carbocycles. The summed E-state index contributed by atoms with van der Waals surface area (Å²) in [4.78, 5) is 7.97. The maximum Gasteiger partial charge on any atom is 0.194 e. The molecule has 6 heteroatoms. The number of rotatable bonds is 2. The van der Waals surface area contributed by atoms with E-state index < -0.39 is 0 Å². The number of quaternary nitrogens is 1. The fraction of sp³-hybridized carbons (Fsp3) is 0.200. The molecule has 1 atom stereocenters. The zero-order valence-corrected chi connectivity index (χ0v) is 11.7. The van der Waals surface area contributed by atoms with Gasteiger partial charge >= 0.3 is 0 Å². The summed E-state index contributed by atoms with van der Waals surface area (Å²) in [6.45, 7) is 0.766. The van der Waals surface area contributed by atoms with Crippen LogP contribution in [0.2, 0.25) is 10.3 Å². The molecule has 2 heterocycles. The number of halogens is 3. The third-order valence-corrected chi connectivity index (χ3v) is 2.56. The molecule has 16 heavy (non-hydrogen) atoms. The van der Waals surface area contributed by atoms with E-state index >= 15 is 0 Å². The molecule has 1 aliphatic heterocycles. The first kappa shape index (κ1) is 13.6. The topological polar surface area (TPSA) is 25.2 Å². The molecule has 1 aromatic heterocycles. The van der Waals surface area contributed by atoms with E-state index in [1.807, 2.05) is 24.7 Å². The van der Waals surface area contributed by atoms with Gasteiger partial charge in [-0.05, 0) is 12.1 Å². The van der Waals surface area contributed by atoms with Crippen molar-refractivity contribution in [1.29, 1.82) is 0 Å². The zero-order chi connectivity index (χ0) is 10.9. The van der Waals surface area contributed by atoms with Gasteiger partial charge in [-0.1, -0.05) is 23.2 Å². The molecule has 0 N–H and O–H groups in total. The van der Waals surface area contributed by atoms with Crippen molar-refractivity contribution < 1.29 is 21.5 Å². The Morgan fingerprint density at radius 1 is 1.25 bits per heavy atom. The van der Waals surface area contributed by atoms with Crippen LogP contribution >= 0.6 is 23.2 Å². The largest absolute Gasteiger partial charge is 1.00 e. The Morgan fingerprint density at radius 2 is 1.88 bits per heavy atom. The summed E-state index contributed by atoms with van der Waals surface area (Å²) in [5.41, 5.74) is 1.04. The third kappa shape index (κ3) is 3.28. The van der Waals surface area contributed by atoms with Crippen molar-refractivity contribution in [1.82, 2.24) is 4.98 Å². The lowest BCUT2D eigenvalue weighted by atomic mass is 10.2. The lowest BCUT2D eigenvalue weighted by molar-refractivity contribution is -0.771. The van der Waals surface area contributed by atoms with Gasteiger partial charge in [-0.25, -0.2) is 9.98 Å². The van der Waals surface area contributed by atoms with Gasteiger partial charge in [0.25, 0.3) is 0 Å². The molecule has 0 saturated heterocycles. The Hall–Kier alpha value is -0.420. The van der Waals surface area contributed by atoms with Crippen LogP contribution in [0.4, 0.5) is 0 Å². The summed E-state index contributed by atoms with van der Waals surface area (Å²) in [5, 5.41) is 0.841. The molecule has 0 radical (unpaired) electrons. The fourth-order valence-electron chi connectivity index (χ4n) is 1.51. The minimum absolute atomic E-state index is 0. The number of hydrogen-bond donors (Lipinski definition) is 0. The molecule has 1 unspecified atom stereocenters. The van der Waals surface area contributed by atoms with Gasteiger partial charge in [0.05, 0.1) is 13.2 Å². The van der Waals surface area contributed by atoms with E-state index in [2.05, 4.69) is 17.0 Å². The van der Waals surface area contributed by atoms with Crippen LogP contribution in [0.25, 0.3) is 0 Å². The number of nitrogens with zero attached hydrogens (tertiary/aromatic N) is 3. The molecule has 0 saturated carbocycles. The summed E-state index contributed by atoms with van der Waals surface area (Å²) in [6, 6.07) is 3.63. The van der Waals surface area contributed by atoms with Gasteiger partial charge in [-0.2, -0.15) is 0 Å². The van der Waals surface area contributed by atoms with Crippen LogP contribution in [0, 0.1) is 0 Å². The van der Waals surface area contributed by atoms with Crippen LogP contribution in [-0.2, 0) is 6.54 Å². The van der Waals surface area contributed by atoms with Crippen molar-refractivity contribution in [3.8, 4) is 0 Å². The first-order chi connectivity index (χ1) is 7.07. The maximum atomic E-state index is 5.83. The second kappa shape index (κ2) is 5.27. The average Bonchev–Trinajstić information content (AvgIpc) is 2.49. The standard InChI is InChI=1S/C10H10Cl2N3.BrH/c1-15(3-2-13-7-15)6-8-4-9(11)14-10(12)5-8;/h2-5,7H,6H2,1H3;1H/q+1;/p-1. The van der Waals surface area contributed by atoms with Gasteiger partial charge in [-0.15, -0.1) is 0 Å². The average molecular weight is 323 g/mol. The molecular formula is C10H10BrCl2N3. The highest BCUT2D eigenvalue weighted by atomic mass is 79.9. The highest BCUT2D eigenvalue weighted by Gasteiger charge is 2.20. The first-order valence-electron chi connectivity index (χ1n) is 4.46. The molecule has 2 rings (SSSR count). The van der Waals surface area contributed by atoms with Gasteiger partial charge in [0.1, 0.15) is 23.1 Å². The normalized spacial score (nSPS) is 22.2. The number of aromatic nitrogens is 1. The smallest absolute Gasteiger partial charge is 0.194 e. The predicted molar refractivity (Wildman–Crippen MR) is 61.8 cm³/mol. The van der Waals surface area contributed by atoms with Crippen LogP contribution in [0.3, 0.4) is 0 Å². The van der Waals surface area contributed by atoms with Crippen molar-refractivity contribution in [2.75, 3.05) is 7.05 Å². The Kier molecular flexibility index (Phi) is 4.50. The molecule has 1 aliphatic rings. The highest BCUT2D eigenvalue weighted by molar-refractivity contribution is 6.32. The molecule has 0 spiro atoms. The van der Waals surface area contributed by atoms with Crippen LogP contribution < -0.4 is 17.0 Å². The van der Waals surface area contributed by atoms with E-state index in [9.17, 15) is 0 Å². The van der Waals surface area contributed by atoms with Crippen LogP contribution in [-0.4, -0.2) is 22.9 Å². The zero-order valence-electron chi connectivity index (χ0n) is 8.57. The van der Waals surface area contributed by atoms with Crippen LogP contribution in [0.1, 0.15) is 5.56 Å². The molecule has 1 aromatic rings. The van der Waals surface area contributed by atoms with E-state index in [-0.39, 0.29) is 17.0 Å². The van der Waals surface area contributed by atoms with Crippen molar-refractivity contribution in [2.24, 2.45) is 4.99 Å². The lowest BCUT2D eigenvalue weighted by Gasteiger charge is -2.21. The Balaban J connectivity index is 0.00000128. The van der Waals surface area contributed by atoms with Crippen molar-refractivity contribution in [3.05, 3.63) is 40.4 Å². The van der Waals surface area contributed by atoms with Crippen molar-refractivity contribution >= 4 is 29.5 Å². The molecule has 86 valence electrons. The van der Waals surface area contributed by atoms with Gasteiger partial charge in [-0.3, -0.25) is 4.48 Å². The van der Waals surface area contributed by atoms with E-state index in [0.717, 1.165) is 12.1 Å². The minimum Gasteiger partial charge on any atom is -1.00 e. The van der Waals surface area contributed by atoms with Gasteiger partial charge in [0.15, 0.2) is 6.34 Å². The molecule has 0 bridgehead atoms. The Bertz CT molecular complexity index is 413. The van der Waals surface area contributed by atoms with Gasteiger partial charge in [0.2, 0.25) is 0 Å². The summed E-state index contributed by atoms with van der Waals surface area (Å²) in [6.07, 6.45) is 5.65. The quantitative estimate of drug-likeness (QED) is 0.549. The lowest BCUT2D eigenvalue weighted by Crippen LogP contribution is -3.00. The Labute approximate surface area is 115 Å².